The Morgan fingerprint density at radius 1 is 1.19 bits per heavy atom. The predicted octanol–water partition coefficient (Wildman–Crippen LogP) is 0.477. The average molecular weight is 318 g/mol. The summed E-state index contributed by atoms with van der Waals surface area (Å²) in [6, 6.07) is 2.90. The van der Waals surface area contributed by atoms with Gasteiger partial charge in [0, 0.05) is 38.4 Å². The maximum atomic E-state index is 12.2. The molecule has 7 nitrogen and oxygen atoms in total. The van der Waals surface area contributed by atoms with Crippen LogP contribution in [0.25, 0.3) is 0 Å². The van der Waals surface area contributed by atoms with Crippen LogP contribution in [-0.2, 0) is 21.3 Å². The smallest absolute Gasteiger partial charge is 0.240 e. The van der Waals surface area contributed by atoms with Crippen LogP contribution in [0, 0.1) is 0 Å². The first-order valence-corrected chi connectivity index (χ1v) is 7.92. The molecule has 0 saturated heterocycles. The molecule has 120 valence electrons. The first-order valence-electron chi connectivity index (χ1n) is 6.43. The van der Waals surface area contributed by atoms with Crippen molar-refractivity contribution in [2.45, 2.75) is 17.9 Å². The van der Waals surface area contributed by atoms with Gasteiger partial charge in [-0.05, 0) is 12.5 Å². The summed E-state index contributed by atoms with van der Waals surface area (Å²) < 4.78 is 42.2. The Morgan fingerprint density at radius 3 is 2.43 bits per heavy atom. The summed E-state index contributed by atoms with van der Waals surface area (Å²) in [6.45, 7) is 0.928. The van der Waals surface area contributed by atoms with Gasteiger partial charge in [0.05, 0.1) is 19.1 Å². The average Bonchev–Trinajstić information content (AvgIpc) is 2.49. The zero-order valence-electron chi connectivity index (χ0n) is 12.5. The van der Waals surface area contributed by atoms with Crippen molar-refractivity contribution in [3.63, 3.8) is 0 Å². The second-order valence-electron chi connectivity index (χ2n) is 4.27. The Kier molecular flexibility index (Phi) is 6.90. The van der Waals surface area contributed by atoms with Gasteiger partial charge in [0.2, 0.25) is 10.0 Å². The van der Waals surface area contributed by atoms with Gasteiger partial charge in [-0.15, -0.1) is 0 Å². The highest BCUT2D eigenvalue weighted by Crippen LogP contribution is 2.33. The van der Waals surface area contributed by atoms with Crippen LogP contribution in [-0.4, -0.2) is 42.9 Å². The fraction of sp³-hybridized carbons (Fsp3) is 0.538. The third-order valence-corrected chi connectivity index (χ3v) is 4.32. The standard InChI is InChI=1S/C13H22N2O5S/c1-18-6-4-5-15-21(16,17)11-7-10(9-14)13(20-3)12(8-11)19-2/h7-8,15H,4-6,9,14H2,1-3H3. The van der Waals surface area contributed by atoms with Crippen molar-refractivity contribution < 1.29 is 22.6 Å². The third kappa shape index (κ3) is 4.57. The van der Waals surface area contributed by atoms with Crippen LogP contribution in [0.1, 0.15) is 12.0 Å². The lowest BCUT2D eigenvalue weighted by Crippen LogP contribution is -2.25. The minimum absolute atomic E-state index is 0.0954. The number of nitrogens with one attached hydrogen (secondary N) is 1. The SMILES string of the molecule is COCCCNS(=O)(=O)c1cc(CN)c(OC)c(OC)c1. The molecule has 1 aromatic rings. The molecule has 0 spiro atoms. The Hall–Kier alpha value is -1.35. The van der Waals surface area contributed by atoms with E-state index in [9.17, 15) is 8.42 Å². The lowest BCUT2D eigenvalue weighted by atomic mass is 10.2. The Morgan fingerprint density at radius 2 is 1.90 bits per heavy atom. The third-order valence-electron chi connectivity index (χ3n) is 2.88. The van der Waals surface area contributed by atoms with E-state index in [-0.39, 0.29) is 11.4 Å². The van der Waals surface area contributed by atoms with E-state index in [0.717, 1.165) is 0 Å². The molecule has 0 aliphatic rings. The van der Waals surface area contributed by atoms with Gasteiger partial charge >= 0.3 is 0 Å². The summed E-state index contributed by atoms with van der Waals surface area (Å²) >= 11 is 0. The van der Waals surface area contributed by atoms with E-state index in [2.05, 4.69) is 4.72 Å². The molecule has 0 fully saturated rings. The molecule has 0 aliphatic carbocycles. The molecule has 0 heterocycles. The van der Waals surface area contributed by atoms with E-state index in [1.165, 1.54) is 26.4 Å². The van der Waals surface area contributed by atoms with Crippen molar-refractivity contribution in [1.29, 1.82) is 0 Å². The molecule has 8 heteroatoms. The molecule has 1 aromatic carbocycles. The Balaban J connectivity index is 3.06. The number of hydrogen-bond donors (Lipinski definition) is 2. The van der Waals surface area contributed by atoms with E-state index in [4.69, 9.17) is 19.9 Å². The maximum Gasteiger partial charge on any atom is 0.240 e. The first-order chi connectivity index (χ1) is 10.00. The first kappa shape index (κ1) is 17.7. The van der Waals surface area contributed by atoms with Crippen molar-refractivity contribution in [3.8, 4) is 11.5 Å². The minimum atomic E-state index is -3.63. The highest BCUT2D eigenvalue weighted by atomic mass is 32.2. The number of nitrogens with two attached hydrogens (primary N) is 1. The zero-order valence-corrected chi connectivity index (χ0v) is 13.3. The van der Waals surface area contributed by atoms with Crippen molar-refractivity contribution >= 4 is 10.0 Å². The molecule has 0 radical (unpaired) electrons. The van der Waals surface area contributed by atoms with Crippen molar-refractivity contribution in [1.82, 2.24) is 4.72 Å². The lowest BCUT2D eigenvalue weighted by molar-refractivity contribution is 0.196. The molecular formula is C13H22N2O5S. The fourth-order valence-electron chi connectivity index (χ4n) is 1.83. The highest BCUT2D eigenvalue weighted by molar-refractivity contribution is 7.89. The number of ether oxygens (including phenoxy) is 3. The summed E-state index contributed by atoms with van der Waals surface area (Å²) in [5.41, 5.74) is 6.20. The van der Waals surface area contributed by atoms with Crippen LogP contribution in [0.5, 0.6) is 11.5 Å². The molecule has 21 heavy (non-hydrogen) atoms. The molecule has 1 rings (SSSR count). The molecule has 0 bridgehead atoms. The molecule has 0 amide bonds. The second kappa shape index (κ2) is 8.18. The molecule has 3 N–H and O–H groups in total. The van der Waals surface area contributed by atoms with Gasteiger partial charge in [-0.3, -0.25) is 0 Å². The summed E-state index contributed by atoms with van der Waals surface area (Å²) in [7, 11) is 0.864. The molecule has 0 aromatic heterocycles. The van der Waals surface area contributed by atoms with Crippen LogP contribution in [0.2, 0.25) is 0 Å². The van der Waals surface area contributed by atoms with Gasteiger partial charge in [0.1, 0.15) is 0 Å². The Bertz CT molecular complexity index is 535. The van der Waals surface area contributed by atoms with E-state index in [1.54, 1.807) is 7.11 Å². The van der Waals surface area contributed by atoms with E-state index >= 15 is 0 Å². The number of benzene rings is 1. The maximum absolute atomic E-state index is 12.2. The normalized spacial score (nSPS) is 11.4. The zero-order chi connectivity index (χ0) is 15.9. The van der Waals surface area contributed by atoms with Crippen LogP contribution < -0.4 is 19.9 Å². The summed E-state index contributed by atoms with van der Waals surface area (Å²) in [4.78, 5) is 0.0954. The Labute approximate surface area is 125 Å². The second-order valence-corrected chi connectivity index (χ2v) is 6.03. The number of hydrogen-bond acceptors (Lipinski definition) is 6. The highest BCUT2D eigenvalue weighted by Gasteiger charge is 2.19. The lowest BCUT2D eigenvalue weighted by Gasteiger charge is -2.14. The quantitative estimate of drug-likeness (QED) is 0.642. The van der Waals surface area contributed by atoms with Gasteiger partial charge in [-0.25, -0.2) is 13.1 Å². The largest absolute Gasteiger partial charge is 0.493 e. The van der Waals surface area contributed by atoms with Gasteiger partial charge in [0.15, 0.2) is 11.5 Å². The topological polar surface area (TPSA) is 99.9 Å². The van der Waals surface area contributed by atoms with E-state index in [0.29, 0.717) is 36.6 Å². The van der Waals surface area contributed by atoms with Gasteiger partial charge in [-0.1, -0.05) is 0 Å². The molecule has 0 aliphatic heterocycles. The summed E-state index contributed by atoms with van der Waals surface area (Å²) in [5, 5.41) is 0. The van der Waals surface area contributed by atoms with Crippen molar-refractivity contribution in [2.75, 3.05) is 34.5 Å². The van der Waals surface area contributed by atoms with Crippen LogP contribution in [0.3, 0.4) is 0 Å². The van der Waals surface area contributed by atoms with Crippen molar-refractivity contribution in [3.05, 3.63) is 17.7 Å². The summed E-state index contributed by atoms with van der Waals surface area (Å²) in [6.07, 6.45) is 0.590. The van der Waals surface area contributed by atoms with Gasteiger partial charge in [0.25, 0.3) is 0 Å². The number of methoxy groups -OCH3 is 3. The molecule has 0 saturated carbocycles. The number of sulfonamides is 1. The number of rotatable bonds is 9. The van der Waals surface area contributed by atoms with Crippen LogP contribution in [0.15, 0.2) is 17.0 Å². The van der Waals surface area contributed by atoms with E-state index in [1.807, 2.05) is 0 Å². The minimum Gasteiger partial charge on any atom is -0.493 e. The monoisotopic (exact) mass is 318 g/mol. The van der Waals surface area contributed by atoms with Crippen LogP contribution in [0.4, 0.5) is 0 Å². The summed E-state index contributed by atoms with van der Waals surface area (Å²) in [5.74, 6) is 0.774. The van der Waals surface area contributed by atoms with Crippen LogP contribution >= 0.6 is 0 Å². The predicted molar refractivity (Wildman–Crippen MR) is 79.1 cm³/mol. The molecule has 0 unspecified atom stereocenters. The van der Waals surface area contributed by atoms with Gasteiger partial charge < -0.3 is 19.9 Å². The van der Waals surface area contributed by atoms with E-state index < -0.39 is 10.0 Å². The fourth-order valence-corrected chi connectivity index (χ4v) is 2.97. The van der Waals surface area contributed by atoms with Crippen molar-refractivity contribution in [2.24, 2.45) is 5.73 Å². The molecule has 0 atom stereocenters. The van der Waals surface area contributed by atoms with Gasteiger partial charge in [-0.2, -0.15) is 0 Å². The molecular weight excluding hydrogens is 296 g/mol.